The van der Waals surface area contributed by atoms with Gasteiger partial charge < -0.3 is 4.74 Å². The van der Waals surface area contributed by atoms with Crippen LogP contribution in [-0.2, 0) is 9.53 Å². The maximum absolute atomic E-state index is 11.7. The van der Waals surface area contributed by atoms with Crippen LogP contribution >= 0.6 is 0 Å². The molecule has 92 valence electrons. The Hall–Kier alpha value is -0.530. The van der Waals surface area contributed by atoms with E-state index in [1.54, 1.807) is 0 Å². The molecule has 0 amide bonds. The van der Waals surface area contributed by atoms with Crippen molar-refractivity contribution in [2.75, 3.05) is 7.11 Å². The van der Waals surface area contributed by atoms with Crippen LogP contribution in [0.4, 0.5) is 0 Å². The van der Waals surface area contributed by atoms with Crippen LogP contribution in [0.5, 0.6) is 0 Å². The molecule has 0 aromatic heterocycles. The highest BCUT2D eigenvalue weighted by Gasteiger charge is 2.53. The summed E-state index contributed by atoms with van der Waals surface area (Å²) in [5.74, 6) is 0.849. The van der Waals surface area contributed by atoms with E-state index >= 15 is 0 Å². The number of carbonyl (C=O) groups excluding carboxylic acids is 1. The molecular weight excluding hydrogens is 200 g/mol. The smallest absolute Gasteiger partial charge is 0.308 e. The Morgan fingerprint density at radius 1 is 1.25 bits per heavy atom. The van der Waals surface area contributed by atoms with Gasteiger partial charge in [0, 0.05) is 0 Å². The lowest BCUT2D eigenvalue weighted by Gasteiger charge is -2.47. The molecule has 2 saturated carbocycles. The van der Waals surface area contributed by atoms with Crippen LogP contribution in [0.15, 0.2) is 0 Å². The van der Waals surface area contributed by atoms with Gasteiger partial charge >= 0.3 is 5.97 Å². The Bertz CT molecular complexity index is 295. The first-order chi connectivity index (χ1) is 7.39. The van der Waals surface area contributed by atoms with E-state index in [2.05, 4.69) is 20.8 Å². The molecule has 0 N–H and O–H groups in total. The van der Waals surface area contributed by atoms with Crippen molar-refractivity contribution in [2.45, 2.75) is 52.9 Å². The average molecular weight is 224 g/mol. The summed E-state index contributed by atoms with van der Waals surface area (Å²) in [7, 11) is 1.51. The van der Waals surface area contributed by atoms with E-state index in [1.165, 1.54) is 26.4 Å². The number of methoxy groups -OCH3 is 1. The van der Waals surface area contributed by atoms with Crippen molar-refractivity contribution in [1.29, 1.82) is 0 Å². The zero-order chi connectivity index (χ0) is 12.0. The molecule has 0 bridgehead atoms. The Morgan fingerprint density at radius 2 is 1.94 bits per heavy atom. The zero-order valence-corrected chi connectivity index (χ0v) is 11.0. The zero-order valence-electron chi connectivity index (χ0n) is 11.0. The minimum absolute atomic E-state index is 0.00595. The molecular formula is C14H24O2. The number of carbonyl (C=O) groups is 1. The van der Waals surface area contributed by atoms with Gasteiger partial charge in [-0.2, -0.15) is 0 Å². The van der Waals surface area contributed by atoms with Crippen molar-refractivity contribution >= 4 is 5.97 Å². The van der Waals surface area contributed by atoms with Crippen LogP contribution in [-0.4, -0.2) is 13.1 Å². The van der Waals surface area contributed by atoms with E-state index in [-0.39, 0.29) is 11.9 Å². The summed E-state index contributed by atoms with van der Waals surface area (Å²) in [5.41, 5.74) is 0.774. The van der Waals surface area contributed by atoms with Crippen LogP contribution in [0.3, 0.4) is 0 Å². The predicted octanol–water partition coefficient (Wildman–Crippen LogP) is 3.40. The molecule has 3 atom stereocenters. The van der Waals surface area contributed by atoms with Gasteiger partial charge in [-0.3, -0.25) is 4.79 Å². The fraction of sp³-hybridized carbons (Fsp3) is 0.929. The maximum atomic E-state index is 11.7. The quantitative estimate of drug-likeness (QED) is 0.638. The van der Waals surface area contributed by atoms with E-state index in [4.69, 9.17) is 4.74 Å². The monoisotopic (exact) mass is 224 g/mol. The van der Waals surface area contributed by atoms with Gasteiger partial charge in [-0.05, 0) is 42.4 Å². The van der Waals surface area contributed by atoms with Gasteiger partial charge in [0.1, 0.15) is 0 Å². The molecule has 16 heavy (non-hydrogen) atoms. The Morgan fingerprint density at radius 3 is 2.50 bits per heavy atom. The molecule has 0 aromatic rings. The van der Waals surface area contributed by atoms with Crippen molar-refractivity contribution in [2.24, 2.45) is 22.7 Å². The van der Waals surface area contributed by atoms with Crippen LogP contribution in [0, 0.1) is 22.7 Å². The van der Waals surface area contributed by atoms with Crippen LogP contribution in [0.1, 0.15) is 52.9 Å². The molecule has 2 aliphatic rings. The average Bonchev–Trinajstić information content (AvgIpc) is 2.56. The Labute approximate surface area is 98.7 Å². The van der Waals surface area contributed by atoms with Gasteiger partial charge in [0.2, 0.25) is 0 Å². The van der Waals surface area contributed by atoms with E-state index in [1.807, 2.05) is 0 Å². The molecule has 0 heterocycles. The van der Waals surface area contributed by atoms with Crippen LogP contribution in [0.2, 0.25) is 0 Å². The molecule has 0 aromatic carbocycles. The first kappa shape index (κ1) is 11.9. The lowest BCUT2D eigenvalue weighted by Crippen LogP contribution is -2.38. The minimum atomic E-state index is 0.00595. The molecule has 2 rings (SSSR count). The van der Waals surface area contributed by atoms with E-state index < -0.39 is 0 Å². The second-order valence-electron chi connectivity index (χ2n) is 6.71. The number of ether oxygens (including phenoxy) is 1. The standard InChI is InChI=1S/C14H24O2/c1-13(2)6-5-7-14(3)9-10(8-11(13)14)12(15)16-4/h10-11H,5-9H2,1-4H3. The van der Waals surface area contributed by atoms with Gasteiger partial charge in [0.05, 0.1) is 13.0 Å². The van der Waals surface area contributed by atoms with Crippen molar-refractivity contribution in [3.05, 3.63) is 0 Å². The van der Waals surface area contributed by atoms with Gasteiger partial charge in [0.25, 0.3) is 0 Å². The first-order valence-electron chi connectivity index (χ1n) is 6.47. The summed E-state index contributed by atoms with van der Waals surface area (Å²) in [4.78, 5) is 11.7. The summed E-state index contributed by atoms with van der Waals surface area (Å²) < 4.78 is 4.91. The lowest BCUT2D eigenvalue weighted by molar-refractivity contribution is -0.145. The summed E-state index contributed by atoms with van der Waals surface area (Å²) >= 11 is 0. The van der Waals surface area contributed by atoms with E-state index in [9.17, 15) is 4.79 Å². The SMILES string of the molecule is COC(=O)C1CC2C(C)(C)CCCC2(C)C1. The fourth-order valence-electron chi connectivity index (χ4n) is 4.36. The topological polar surface area (TPSA) is 26.3 Å². The number of hydrogen-bond donors (Lipinski definition) is 0. The van der Waals surface area contributed by atoms with Crippen LogP contribution in [0.25, 0.3) is 0 Å². The third kappa shape index (κ3) is 1.76. The molecule has 0 radical (unpaired) electrons. The highest BCUT2D eigenvalue weighted by Crippen LogP contribution is 2.60. The van der Waals surface area contributed by atoms with Crippen LogP contribution < -0.4 is 0 Å². The second-order valence-corrected chi connectivity index (χ2v) is 6.71. The molecule has 2 heteroatoms. The maximum Gasteiger partial charge on any atom is 0.308 e. The van der Waals surface area contributed by atoms with Crippen molar-refractivity contribution in [3.8, 4) is 0 Å². The third-order valence-electron chi connectivity index (χ3n) is 5.12. The summed E-state index contributed by atoms with van der Waals surface area (Å²) in [6.45, 7) is 7.12. The lowest BCUT2D eigenvalue weighted by atomic mass is 9.58. The number of fused-ring (bicyclic) bond motifs is 1. The van der Waals surface area contributed by atoms with Gasteiger partial charge in [0.15, 0.2) is 0 Å². The Kier molecular flexibility index (Phi) is 2.80. The number of rotatable bonds is 1. The summed E-state index contributed by atoms with van der Waals surface area (Å²) in [5, 5.41) is 0. The highest BCUT2D eigenvalue weighted by atomic mass is 16.5. The number of esters is 1. The fourth-order valence-corrected chi connectivity index (χ4v) is 4.36. The van der Waals surface area contributed by atoms with E-state index in [0.717, 1.165) is 12.8 Å². The van der Waals surface area contributed by atoms with Crippen molar-refractivity contribution in [3.63, 3.8) is 0 Å². The molecule has 0 aliphatic heterocycles. The first-order valence-corrected chi connectivity index (χ1v) is 6.47. The van der Waals surface area contributed by atoms with E-state index in [0.29, 0.717) is 16.7 Å². The largest absolute Gasteiger partial charge is 0.469 e. The molecule has 0 spiro atoms. The van der Waals surface area contributed by atoms with Gasteiger partial charge in [-0.1, -0.05) is 27.2 Å². The molecule has 2 aliphatic carbocycles. The normalized spacial score (nSPS) is 41.5. The van der Waals surface area contributed by atoms with Gasteiger partial charge in [-0.25, -0.2) is 0 Å². The summed E-state index contributed by atoms with van der Waals surface area (Å²) in [6.07, 6.45) is 5.98. The molecule has 0 saturated heterocycles. The van der Waals surface area contributed by atoms with Crippen molar-refractivity contribution in [1.82, 2.24) is 0 Å². The van der Waals surface area contributed by atoms with Gasteiger partial charge in [-0.15, -0.1) is 0 Å². The van der Waals surface area contributed by atoms with Crippen molar-refractivity contribution < 1.29 is 9.53 Å². The minimum Gasteiger partial charge on any atom is -0.469 e. The molecule has 2 nitrogen and oxygen atoms in total. The summed E-state index contributed by atoms with van der Waals surface area (Å²) in [6, 6.07) is 0. The Balaban J connectivity index is 2.20. The number of hydrogen-bond acceptors (Lipinski definition) is 2. The molecule has 2 fully saturated rings. The highest BCUT2D eigenvalue weighted by molar-refractivity contribution is 5.72. The molecule has 3 unspecified atom stereocenters. The predicted molar refractivity (Wildman–Crippen MR) is 64.0 cm³/mol. The second kappa shape index (κ2) is 3.75. The third-order valence-corrected chi connectivity index (χ3v) is 5.12.